The van der Waals surface area contributed by atoms with Crippen LogP contribution in [0.2, 0.25) is 5.02 Å². The fraction of sp³-hybridized carbons (Fsp3) is 0.529. The summed E-state index contributed by atoms with van der Waals surface area (Å²) >= 11 is 5.66. The number of hydrogen-bond acceptors (Lipinski definition) is 4. The molecule has 8 heteroatoms. The van der Waals surface area contributed by atoms with Crippen molar-refractivity contribution in [1.29, 1.82) is 0 Å². The van der Waals surface area contributed by atoms with Crippen LogP contribution in [-0.2, 0) is 10.9 Å². The Labute approximate surface area is 150 Å². The van der Waals surface area contributed by atoms with Crippen molar-refractivity contribution in [1.82, 2.24) is 4.90 Å². The van der Waals surface area contributed by atoms with Gasteiger partial charge in [0.2, 0.25) is 0 Å². The maximum atomic E-state index is 13.0. The van der Waals surface area contributed by atoms with Crippen LogP contribution in [-0.4, -0.2) is 62.0 Å². The molecule has 1 saturated heterocycles. The molecule has 0 spiro atoms. The molecule has 2 rings (SSSR count). The Kier molecular flexibility index (Phi) is 7.13. The highest BCUT2D eigenvalue weighted by Gasteiger charge is 2.34. The highest BCUT2D eigenvalue weighted by Crippen LogP contribution is 2.37. The monoisotopic (exact) mass is 378 g/mol. The number of aliphatic hydroxyl groups excluding tert-OH is 1. The molecule has 1 atom stereocenters. The van der Waals surface area contributed by atoms with E-state index >= 15 is 0 Å². The van der Waals surface area contributed by atoms with Gasteiger partial charge in [0.25, 0.3) is 0 Å². The number of alkyl halides is 3. The Morgan fingerprint density at radius 3 is 2.56 bits per heavy atom. The number of benzene rings is 1. The molecule has 1 fully saturated rings. The lowest BCUT2D eigenvalue weighted by Gasteiger charge is -2.37. The summed E-state index contributed by atoms with van der Waals surface area (Å²) in [5.41, 5.74) is -0.310. The van der Waals surface area contributed by atoms with E-state index in [2.05, 4.69) is 11.5 Å². The molecule has 1 aromatic carbocycles. The van der Waals surface area contributed by atoms with Crippen molar-refractivity contribution in [3.8, 4) is 0 Å². The van der Waals surface area contributed by atoms with E-state index in [1.54, 1.807) is 12.1 Å². The van der Waals surface area contributed by atoms with E-state index in [0.717, 1.165) is 6.07 Å². The van der Waals surface area contributed by atoms with Gasteiger partial charge in [0, 0.05) is 38.4 Å². The number of β-amino-alcohol motifs (C(OH)–C–C–N with tert-alkyl or cyclic N) is 1. The third-order valence-electron chi connectivity index (χ3n) is 4.01. The summed E-state index contributed by atoms with van der Waals surface area (Å²) in [4.78, 5) is 3.96. The third-order valence-corrected chi connectivity index (χ3v) is 4.34. The molecule has 0 bridgehead atoms. The molecule has 1 N–H and O–H groups in total. The van der Waals surface area contributed by atoms with Gasteiger partial charge in [-0.2, -0.15) is 13.2 Å². The van der Waals surface area contributed by atoms with Crippen molar-refractivity contribution in [2.75, 3.05) is 50.8 Å². The topological polar surface area (TPSA) is 35.9 Å². The van der Waals surface area contributed by atoms with Gasteiger partial charge in [-0.25, -0.2) is 0 Å². The predicted molar refractivity (Wildman–Crippen MR) is 92.1 cm³/mol. The number of rotatable bonds is 7. The average Bonchev–Trinajstić information content (AvgIpc) is 2.55. The van der Waals surface area contributed by atoms with Gasteiger partial charge in [0.05, 0.1) is 29.9 Å². The molecule has 140 valence electrons. The number of halogens is 4. The van der Waals surface area contributed by atoms with E-state index in [1.807, 2.05) is 4.90 Å². The Hall–Kier alpha value is -1.28. The molecule has 1 aliphatic rings. The quantitative estimate of drug-likeness (QED) is 0.584. The van der Waals surface area contributed by atoms with Crippen LogP contribution in [0.5, 0.6) is 0 Å². The summed E-state index contributed by atoms with van der Waals surface area (Å²) in [5.74, 6) is 0. The zero-order chi connectivity index (χ0) is 18.4. The minimum atomic E-state index is -4.47. The van der Waals surface area contributed by atoms with E-state index in [1.165, 1.54) is 6.07 Å². The van der Waals surface area contributed by atoms with Crippen LogP contribution < -0.4 is 4.90 Å². The Bertz CT molecular complexity index is 576. The lowest BCUT2D eigenvalue weighted by molar-refractivity contribution is -0.137. The molecule has 1 aromatic rings. The molecule has 1 heterocycles. The van der Waals surface area contributed by atoms with Crippen molar-refractivity contribution in [2.24, 2.45) is 0 Å². The van der Waals surface area contributed by atoms with E-state index in [-0.39, 0.29) is 11.6 Å². The Morgan fingerprint density at radius 2 is 1.96 bits per heavy atom. The van der Waals surface area contributed by atoms with Crippen molar-refractivity contribution in [2.45, 2.75) is 12.3 Å². The van der Waals surface area contributed by atoms with Gasteiger partial charge in [0.15, 0.2) is 0 Å². The van der Waals surface area contributed by atoms with E-state index in [9.17, 15) is 18.3 Å². The normalized spacial score (nSPS) is 17.6. The molecular weight excluding hydrogens is 357 g/mol. The van der Waals surface area contributed by atoms with Crippen molar-refractivity contribution >= 4 is 17.3 Å². The second kappa shape index (κ2) is 8.89. The van der Waals surface area contributed by atoms with E-state index in [4.69, 9.17) is 16.3 Å². The van der Waals surface area contributed by atoms with Gasteiger partial charge in [-0.05, 0) is 18.2 Å². The molecule has 0 amide bonds. The standard InChI is InChI=1S/C17H22ClF3N2O2/c1-2-9-25-12-14(24)11-22-5-7-23(8-6-22)13-3-4-16(18)15(10-13)17(19,20)21/h2-4,10,14,24H,1,5-9,11-12H2. The maximum Gasteiger partial charge on any atom is 0.417 e. The van der Waals surface area contributed by atoms with Gasteiger partial charge in [0.1, 0.15) is 0 Å². The van der Waals surface area contributed by atoms with Crippen molar-refractivity contribution in [3.63, 3.8) is 0 Å². The molecule has 4 nitrogen and oxygen atoms in total. The first-order valence-corrected chi connectivity index (χ1v) is 8.40. The molecule has 0 aliphatic carbocycles. The Balaban J connectivity index is 1.89. The number of hydrogen-bond donors (Lipinski definition) is 1. The second-order valence-electron chi connectivity index (χ2n) is 5.93. The smallest absolute Gasteiger partial charge is 0.389 e. The zero-order valence-corrected chi connectivity index (χ0v) is 14.6. The number of anilines is 1. The van der Waals surface area contributed by atoms with Crippen LogP contribution in [0.4, 0.5) is 18.9 Å². The van der Waals surface area contributed by atoms with Crippen molar-refractivity contribution < 1.29 is 23.0 Å². The lowest BCUT2D eigenvalue weighted by atomic mass is 10.1. The van der Waals surface area contributed by atoms with Crippen LogP contribution in [0.1, 0.15) is 5.56 Å². The fourth-order valence-electron chi connectivity index (χ4n) is 2.75. The van der Waals surface area contributed by atoms with E-state index in [0.29, 0.717) is 45.0 Å². The summed E-state index contributed by atoms with van der Waals surface area (Å²) in [7, 11) is 0. The highest BCUT2D eigenvalue weighted by molar-refractivity contribution is 6.31. The van der Waals surface area contributed by atoms with Gasteiger partial charge in [-0.15, -0.1) is 6.58 Å². The number of nitrogens with zero attached hydrogens (tertiary/aromatic N) is 2. The summed E-state index contributed by atoms with van der Waals surface area (Å²) in [6.07, 6.45) is -3.45. The first-order valence-electron chi connectivity index (χ1n) is 8.02. The van der Waals surface area contributed by atoms with E-state index < -0.39 is 17.8 Å². The number of aliphatic hydroxyl groups is 1. The van der Waals surface area contributed by atoms with Gasteiger partial charge >= 0.3 is 6.18 Å². The predicted octanol–water partition coefficient (Wildman–Crippen LogP) is 3.04. The number of piperazine rings is 1. The number of ether oxygens (including phenoxy) is 1. The van der Waals surface area contributed by atoms with Crippen LogP contribution in [0.25, 0.3) is 0 Å². The van der Waals surface area contributed by atoms with Crippen LogP contribution >= 0.6 is 11.6 Å². The molecule has 0 saturated carbocycles. The fourth-order valence-corrected chi connectivity index (χ4v) is 2.98. The minimum Gasteiger partial charge on any atom is -0.389 e. The largest absolute Gasteiger partial charge is 0.417 e. The molecule has 0 radical (unpaired) electrons. The molecular formula is C17H22ClF3N2O2. The van der Waals surface area contributed by atoms with Gasteiger partial charge in [-0.3, -0.25) is 4.90 Å². The second-order valence-corrected chi connectivity index (χ2v) is 6.34. The molecule has 25 heavy (non-hydrogen) atoms. The SMILES string of the molecule is C=CCOCC(O)CN1CCN(c2ccc(Cl)c(C(F)(F)F)c2)CC1. The van der Waals surface area contributed by atoms with Gasteiger partial charge < -0.3 is 14.7 Å². The van der Waals surface area contributed by atoms with Crippen LogP contribution in [0.15, 0.2) is 30.9 Å². The van der Waals surface area contributed by atoms with Crippen LogP contribution in [0, 0.1) is 0 Å². The minimum absolute atomic E-state index is 0.234. The van der Waals surface area contributed by atoms with Gasteiger partial charge in [-0.1, -0.05) is 17.7 Å². The summed E-state index contributed by atoms with van der Waals surface area (Å²) in [6, 6.07) is 3.98. The first-order chi connectivity index (χ1) is 11.8. The summed E-state index contributed by atoms with van der Waals surface area (Å²) in [6.45, 7) is 7.11. The molecule has 0 aromatic heterocycles. The Morgan fingerprint density at radius 1 is 1.28 bits per heavy atom. The highest BCUT2D eigenvalue weighted by atomic mass is 35.5. The summed E-state index contributed by atoms with van der Waals surface area (Å²) < 4.78 is 44.1. The average molecular weight is 379 g/mol. The van der Waals surface area contributed by atoms with Crippen molar-refractivity contribution in [3.05, 3.63) is 41.4 Å². The first kappa shape index (κ1) is 20.0. The third kappa shape index (κ3) is 5.88. The lowest BCUT2D eigenvalue weighted by Crippen LogP contribution is -2.49. The molecule has 1 unspecified atom stereocenters. The molecule has 1 aliphatic heterocycles. The zero-order valence-electron chi connectivity index (χ0n) is 13.8. The van der Waals surface area contributed by atoms with Crippen LogP contribution in [0.3, 0.4) is 0 Å². The maximum absolute atomic E-state index is 13.0. The summed E-state index contributed by atoms with van der Waals surface area (Å²) in [5, 5.41) is 9.62.